The van der Waals surface area contributed by atoms with Gasteiger partial charge in [0.15, 0.2) is 5.76 Å². The highest BCUT2D eigenvalue weighted by atomic mass is 35.5. The Labute approximate surface area is 174 Å². The number of rotatable bonds is 4. The van der Waals surface area contributed by atoms with Gasteiger partial charge in [-0.1, -0.05) is 34.4 Å². The Balaban J connectivity index is 1.70. The molecule has 0 radical (unpaired) electrons. The number of hydrogen-bond donors (Lipinski definition) is 0. The van der Waals surface area contributed by atoms with Crippen molar-refractivity contribution < 1.29 is 4.52 Å². The van der Waals surface area contributed by atoms with E-state index in [1.54, 1.807) is 0 Å². The van der Waals surface area contributed by atoms with Crippen LogP contribution in [-0.2, 0) is 6.54 Å². The van der Waals surface area contributed by atoms with E-state index in [9.17, 15) is 0 Å². The van der Waals surface area contributed by atoms with Gasteiger partial charge in [-0.3, -0.25) is 4.90 Å². The normalized spacial score (nSPS) is 17.4. The third-order valence-electron chi connectivity index (χ3n) is 5.39. The van der Waals surface area contributed by atoms with Crippen molar-refractivity contribution in [2.45, 2.75) is 46.2 Å². The predicted octanol–water partition coefficient (Wildman–Crippen LogP) is 5.70. The summed E-state index contributed by atoms with van der Waals surface area (Å²) in [7, 11) is 0. The topological polar surface area (TPSA) is 55.1 Å². The summed E-state index contributed by atoms with van der Waals surface area (Å²) in [4.78, 5) is 11.7. The van der Waals surface area contributed by atoms with E-state index in [-0.39, 0.29) is 6.04 Å². The average Bonchev–Trinajstić information content (AvgIpc) is 3.25. The van der Waals surface area contributed by atoms with Crippen LogP contribution < -0.4 is 0 Å². The number of likely N-dealkylation sites (tertiary alicyclic amines) is 1. The summed E-state index contributed by atoms with van der Waals surface area (Å²) in [6, 6.07) is 6.01. The van der Waals surface area contributed by atoms with Crippen LogP contribution in [0.1, 0.15) is 47.2 Å². The fourth-order valence-corrected chi connectivity index (χ4v) is 4.10. The van der Waals surface area contributed by atoms with Gasteiger partial charge in [-0.05, 0) is 57.9 Å². The molecule has 3 heterocycles. The van der Waals surface area contributed by atoms with Crippen LogP contribution >= 0.6 is 23.2 Å². The van der Waals surface area contributed by atoms with Crippen molar-refractivity contribution >= 4 is 23.2 Å². The Bertz CT molecular complexity index is 1020. The van der Waals surface area contributed by atoms with E-state index in [0.717, 1.165) is 65.6 Å². The van der Waals surface area contributed by atoms with E-state index in [0.29, 0.717) is 10.0 Å². The standard InChI is InChI=1S/C21H22Cl2N4O/c1-12-13(2)26-28-21(12)16-10-24-14(3)25-20(16)19-5-4-8-27(19)11-15-6-7-17(22)18(23)9-15/h6-7,9-10,19H,4-5,8,11H2,1-3H3/t19-/m0/s1. The summed E-state index contributed by atoms with van der Waals surface area (Å²) in [5.74, 6) is 1.52. The minimum absolute atomic E-state index is 0.191. The molecule has 1 aliphatic rings. The van der Waals surface area contributed by atoms with Crippen molar-refractivity contribution in [2.24, 2.45) is 0 Å². The highest BCUT2D eigenvalue weighted by Crippen LogP contribution is 2.38. The molecule has 1 aliphatic heterocycles. The van der Waals surface area contributed by atoms with Crippen LogP contribution in [0, 0.1) is 20.8 Å². The fourth-order valence-electron chi connectivity index (χ4n) is 3.78. The van der Waals surface area contributed by atoms with Crippen LogP contribution in [0.2, 0.25) is 10.0 Å². The molecule has 0 saturated carbocycles. The lowest BCUT2D eigenvalue weighted by Gasteiger charge is -2.25. The number of hydrogen-bond acceptors (Lipinski definition) is 5. The van der Waals surface area contributed by atoms with Crippen LogP contribution in [0.15, 0.2) is 28.9 Å². The predicted molar refractivity (Wildman–Crippen MR) is 111 cm³/mol. The summed E-state index contributed by atoms with van der Waals surface area (Å²) in [6.45, 7) is 7.68. The highest BCUT2D eigenvalue weighted by molar-refractivity contribution is 6.42. The number of benzene rings is 1. The van der Waals surface area contributed by atoms with Crippen LogP contribution in [0.3, 0.4) is 0 Å². The second-order valence-electron chi connectivity index (χ2n) is 7.32. The van der Waals surface area contributed by atoms with Crippen LogP contribution in [-0.4, -0.2) is 26.6 Å². The van der Waals surface area contributed by atoms with E-state index in [2.05, 4.69) is 15.0 Å². The molecular weight excluding hydrogens is 395 g/mol. The van der Waals surface area contributed by atoms with Crippen LogP contribution in [0.4, 0.5) is 0 Å². The minimum Gasteiger partial charge on any atom is -0.356 e. The summed E-state index contributed by atoms with van der Waals surface area (Å²) in [6.07, 6.45) is 4.01. The monoisotopic (exact) mass is 416 g/mol. The molecule has 4 rings (SSSR count). The first-order chi connectivity index (χ1) is 13.4. The second-order valence-corrected chi connectivity index (χ2v) is 8.13. The first-order valence-electron chi connectivity index (χ1n) is 9.39. The van der Waals surface area contributed by atoms with Gasteiger partial charge in [0.1, 0.15) is 5.82 Å². The first kappa shape index (κ1) is 19.4. The van der Waals surface area contributed by atoms with E-state index in [1.807, 2.05) is 45.2 Å². The van der Waals surface area contributed by atoms with E-state index in [1.165, 1.54) is 0 Å². The Hall–Kier alpha value is -1.95. The molecule has 28 heavy (non-hydrogen) atoms. The molecule has 1 fully saturated rings. The Kier molecular flexibility index (Phi) is 5.41. The van der Waals surface area contributed by atoms with Gasteiger partial charge in [0.25, 0.3) is 0 Å². The van der Waals surface area contributed by atoms with Gasteiger partial charge >= 0.3 is 0 Å². The third-order valence-corrected chi connectivity index (χ3v) is 6.13. The van der Waals surface area contributed by atoms with E-state index >= 15 is 0 Å². The molecule has 3 aromatic rings. The molecular formula is C21H22Cl2N4O. The minimum atomic E-state index is 0.191. The molecule has 2 aromatic heterocycles. The number of halogens is 2. The molecule has 146 valence electrons. The van der Waals surface area contributed by atoms with Gasteiger partial charge in [-0.25, -0.2) is 9.97 Å². The fraction of sp³-hybridized carbons (Fsp3) is 0.381. The zero-order valence-electron chi connectivity index (χ0n) is 16.2. The Morgan fingerprint density at radius 3 is 2.71 bits per heavy atom. The molecule has 0 N–H and O–H groups in total. The summed E-state index contributed by atoms with van der Waals surface area (Å²) in [5.41, 5.74) is 4.99. The SMILES string of the molecule is Cc1ncc(-c2onc(C)c2C)c([C@@H]2CCCN2Cc2ccc(Cl)c(Cl)c2)n1. The summed E-state index contributed by atoms with van der Waals surface area (Å²) in [5, 5.41) is 5.28. The van der Waals surface area contributed by atoms with Gasteiger partial charge in [0.2, 0.25) is 0 Å². The Morgan fingerprint density at radius 2 is 2.00 bits per heavy atom. The average molecular weight is 417 g/mol. The lowest BCUT2D eigenvalue weighted by Crippen LogP contribution is -2.24. The molecule has 1 atom stereocenters. The van der Waals surface area contributed by atoms with E-state index in [4.69, 9.17) is 32.7 Å². The van der Waals surface area contributed by atoms with Crippen molar-refractivity contribution in [3.05, 3.63) is 62.8 Å². The van der Waals surface area contributed by atoms with Gasteiger partial charge in [0.05, 0.1) is 33.0 Å². The lowest BCUT2D eigenvalue weighted by atomic mass is 10.0. The van der Waals surface area contributed by atoms with Crippen LogP contribution in [0.25, 0.3) is 11.3 Å². The molecule has 1 saturated heterocycles. The van der Waals surface area contributed by atoms with Crippen molar-refractivity contribution in [1.82, 2.24) is 20.0 Å². The third kappa shape index (κ3) is 3.66. The van der Waals surface area contributed by atoms with Crippen molar-refractivity contribution in [3.8, 4) is 11.3 Å². The van der Waals surface area contributed by atoms with Crippen molar-refractivity contribution in [1.29, 1.82) is 0 Å². The van der Waals surface area contributed by atoms with E-state index < -0.39 is 0 Å². The maximum Gasteiger partial charge on any atom is 0.173 e. The highest BCUT2D eigenvalue weighted by Gasteiger charge is 2.31. The van der Waals surface area contributed by atoms with Gasteiger partial charge in [-0.2, -0.15) is 0 Å². The smallest absolute Gasteiger partial charge is 0.173 e. The molecule has 7 heteroatoms. The molecule has 5 nitrogen and oxygen atoms in total. The molecule has 1 aromatic carbocycles. The second kappa shape index (κ2) is 7.82. The first-order valence-corrected chi connectivity index (χ1v) is 10.1. The summed E-state index contributed by atoms with van der Waals surface area (Å²) < 4.78 is 5.62. The lowest BCUT2D eigenvalue weighted by molar-refractivity contribution is 0.244. The number of nitrogens with zero attached hydrogens (tertiary/aromatic N) is 4. The Morgan fingerprint density at radius 1 is 1.18 bits per heavy atom. The van der Waals surface area contributed by atoms with Crippen molar-refractivity contribution in [2.75, 3.05) is 6.54 Å². The molecule has 0 amide bonds. The molecule has 0 bridgehead atoms. The maximum atomic E-state index is 6.21. The largest absolute Gasteiger partial charge is 0.356 e. The maximum absolute atomic E-state index is 6.21. The van der Waals surface area contributed by atoms with Gasteiger partial charge in [0, 0.05) is 18.3 Å². The van der Waals surface area contributed by atoms with Gasteiger partial charge in [-0.15, -0.1) is 0 Å². The molecule has 0 aliphatic carbocycles. The summed E-state index contributed by atoms with van der Waals surface area (Å²) >= 11 is 12.3. The molecule has 0 unspecified atom stereocenters. The van der Waals surface area contributed by atoms with Crippen LogP contribution in [0.5, 0.6) is 0 Å². The number of aromatic nitrogens is 3. The van der Waals surface area contributed by atoms with Crippen molar-refractivity contribution in [3.63, 3.8) is 0 Å². The zero-order chi connectivity index (χ0) is 19.8. The molecule has 0 spiro atoms. The van der Waals surface area contributed by atoms with Gasteiger partial charge < -0.3 is 4.52 Å². The quantitative estimate of drug-likeness (QED) is 0.545. The number of aryl methyl sites for hydroxylation is 2. The zero-order valence-corrected chi connectivity index (χ0v) is 17.7.